The van der Waals surface area contributed by atoms with Crippen molar-refractivity contribution in [1.29, 1.82) is 0 Å². The van der Waals surface area contributed by atoms with Crippen LogP contribution in [0.2, 0.25) is 0 Å². The third-order valence-electron chi connectivity index (χ3n) is 6.89. The molecule has 2 unspecified atom stereocenters. The average Bonchev–Trinajstić information content (AvgIpc) is 2.89. The Bertz CT molecular complexity index is 989. The van der Waals surface area contributed by atoms with Gasteiger partial charge in [-0.15, -0.1) is 0 Å². The molecule has 202 valence electrons. The van der Waals surface area contributed by atoms with Crippen LogP contribution in [-0.4, -0.2) is 47.6 Å². The fourth-order valence-corrected chi connectivity index (χ4v) is 6.36. The second-order valence-electron chi connectivity index (χ2n) is 10.4. The number of aromatic hydroxyl groups is 1. The van der Waals surface area contributed by atoms with Crippen molar-refractivity contribution in [3.8, 4) is 11.5 Å². The van der Waals surface area contributed by atoms with Gasteiger partial charge in [0.15, 0.2) is 0 Å². The molecular weight excluding hydrogens is 484 g/mol. The third kappa shape index (κ3) is 9.62. The summed E-state index contributed by atoms with van der Waals surface area (Å²) in [6.45, 7) is 4.35. The molecule has 3 rings (SSSR count). The molecule has 1 aliphatic carbocycles. The van der Waals surface area contributed by atoms with Crippen LogP contribution in [0.4, 0.5) is 0 Å². The molecule has 2 atom stereocenters. The van der Waals surface area contributed by atoms with Crippen LogP contribution in [0.1, 0.15) is 68.3 Å². The van der Waals surface area contributed by atoms with Gasteiger partial charge in [0.25, 0.3) is 5.91 Å². The van der Waals surface area contributed by atoms with E-state index < -0.39 is 0 Å². The Morgan fingerprint density at radius 2 is 1.76 bits per heavy atom. The lowest BCUT2D eigenvalue weighted by Gasteiger charge is -2.31. The molecular formula is C30H42N2O4S. The van der Waals surface area contributed by atoms with E-state index in [0.29, 0.717) is 12.3 Å². The highest BCUT2D eigenvalue weighted by Gasteiger charge is 2.27. The Morgan fingerprint density at radius 1 is 1.05 bits per heavy atom. The normalized spacial score (nSPS) is 15.7. The van der Waals surface area contributed by atoms with Crippen LogP contribution in [0, 0.1) is 11.8 Å². The highest BCUT2D eigenvalue weighted by Crippen LogP contribution is 2.31. The second kappa shape index (κ2) is 14.9. The number of phenols is 1. The molecule has 0 bridgehead atoms. The minimum Gasteiger partial charge on any atom is -0.507 e. The largest absolute Gasteiger partial charge is 0.507 e. The van der Waals surface area contributed by atoms with Crippen molar-refractivity contribution in [2.24, 2.45) is 11.8 Å². The SMILES string of the molecule is COc1ccc(CC(SCC2CCCCC2)C(CNC(=O)c2ccccc2O)NC(=O)CC(C)C)cc1. The standard InChI is InChI=1S/C30H42N2O4S/c1-21(2)17-29(34)32-26(19-31-30(35)25-11-7-8-12-27(25)33)28(37-20-23-9-5-4-6-10-23)18-22-13-15-24(36-3)16-14-22/h7-8,11-16,21,23,26,28,33H,4-6,9-10,17-20H2,1-3H3,(H,31,35)(H,32,34). The van der Waals surface area contributed by atoms with Crippen LogP contribution in [0.25, 0.3) is 0 Å². The Kier molecular flexibility index (Phi) is 11.6. The van der Waals surface area contributed by atoms with E-state index >= 15 is 0 Å². The smallest absolute Gasteiger partial charge is 0.255 e. The van der Waals surface area contributed by atoms with Crippen molar-refractivity contribution in [3.05, 3.63) is 59.7 Å². The van der Waals surface area contributed by atoms with Gasteiger partial charge in [-0.3, -0.25) is 9.59 Å². The first-order chi connectivity index (χ1) is 17.9. The molecule has 0 aromatic heterocycles. The van der Waals surface area contributed by atoms with Crippen molar-refractivity contribution < 1.29 is 19.4 Å². The number of phenolic OH excluding ortho intramolecular Hbond substituents is 1. The summed E-state index contributed by atoms with van der Waals surface area (Å²) in [6, 6.07) is 14.3. The number of rotatable bonds is 13. The van der Waals surface area contributed by atoms with Gasteiger partial charge in [-0.25, -0.2) is 0 Å². The summed E-state index contributed by atoms with van der Waals surface area (Å²) in [5.74, 6) is 2.39. The van der Waals surface area contributed by atoms with Gasteiger partial charge in [0.1, 0.15) is 11.5 Å². The van der Waals surface area contributed by atoms with Crippen molar-refractivity contribution in [1.82, 2.24) is 10.6 Å². The molecule has 2 aromatic rings. The van der Waals surface area contributed by atoms with Crippen LogP contribution in [0.3, 0.4) is 0 Å². The molecule has 7 heteroatoms. The van der Waals surface area contributed by atoms with Crippen LogP contribution < -0.4 is 15.4 Å². The lowest BCUT2D eigenvalue weighted by Crippen LogP contribution is -2.50. The van der Waals surface area contributed by atoms with Gasteiger partial charge in [-0.05, 0) is 66.7 Å². The molecule has 0 heterocycles. The second-order valence-corrected chi connectivity index (χ2v) is 11.7. The maximum atomic E-state index is 12.9. The number of carbonyl (C=O) groups excluding carboxylic acids is 2. The molecule has 3 N–H and O–H groups in total. The predicted molar refractivity (Wildman–Crippen MR) is 151 cm³/mol. The van der Waals surface area contributed by atoms with Crippen LogP contribution in [0.15, 0.2) is 48.5 Å². The van der Waals surface area contributed by atoms with Gasteiger partial charge in [0.2, 0.25) is 5.91 Å². The summed E-state index contributed by atoms with van der Waals surface area (Å²) in [5, 5.41) is 16.4. The van der Waals surface area contributed by atoms with E-state index in [1.54, 1.807) is 25.3 Å². The minimum absolute atomic E-state index is 0.00481. The average molecular weight is 527 g/mol. The highest BCUT2D eigenvalue weighted by atomic mass is 32.2. The lowest BCUT2D eigenvalue weighted by atomic mass is 9.91. The highest BCUT2D eigenvalue weighted by molar-refractivity contribution is 7.99. The summed E-state index contributed by atoms with van der Waals surface area (Å²) in [6.07, 6.45) is 7.63. The van der Waals surface area contributed by atoms with Crippen molar-refractivity contribution in [3.63, 3.8) is 0 Å². The van der Waals surface area contributed by atoms with E-state index in [2.05, 4.69) is 22.8 Å². The summed E-state index contributed by atoms with van der Waals surface area (Å²) >= 11 is 1.91. The number of para-hydroxylation sites is 1. The number of methoxy groups -OCH3 is 1. The number of thioether (sulfide) groups is 1. The quantitative estimate of drug-likeness (QED) is 0.317. The first-order valence-corrected chi connectivity index (χ1v) is 14.5. The van der Waals surface area contributed by atoms with Crippen molar-refractivity contribution >= 4 is 23.6 Å². The predicted octanol–water partition coefficient (Wildman–Crippen LogP) is 5.59. The number of hydrogen-bond acceptors (Lipinski definition) is 5. The van der Waals surface area contributed by atoms with Crippen molar-refractivity contribution in [2.45, 2.75) is 70.1 Å². The zero-order chi connectivity index (χ0) is 26.6. The summed E-state index contributed by atoms with van der Waals surface area (Å²) in [5.41, 5.74) is 1.40. The van der Waals surface area contributed by atoms with Gasteiger partial charge in [0, 0.05) is 18.2 Å². The monoisotopic (exact) mass is 526 g/mol. The topological polar surface area (TPSA) is 87.7 Å². The van der Waals surface area contributed by atoms with E-state index in [-0.39, 0.29) is 46.9 Å². The summed E-state index contributed by atoms with van der Waals surface area (Å²) in [4.78, 5) is 25.8. The lowest BCUT2D eigenvalue weighted by molar-refractivity contribution is -0.122. The number of carbonyl (C=O) groups is 2. The van der Waals surface area contributed by atoms with Crippen LogP contribution >= 0.6 is 11.8 Å². The molecule has 0 aliphatic heterocycles. The number of benzene rings is 2. The third-order valence-corrected chi connectivity index (χ3v) is 8.47. The maximum Gasteiger partial charge on any atom is 0.255 e. The molecule has 1 fully saturated rings. The van der Waals surface area contributed by atoms with Crippen LogP contribution in [0.5, 0.6) is 11.5 Å². The maximum absolute atomic E-state index is 12.9. The summed E-state index contributed by atoms with van der Waals surface area (Å²) < 4.78 is 5.32. The van der Waals surface area contributed by atoms with E-state index in [9.17, 15) is 14.7 Å². The Labute approximate surface area is 226 Å². The summed E-state index contributed by atoms with van der Waals surface area (Å²) in [7, 11) is 1.66. The molecule has 1 aliphatic rings. The number of hydrogen-bond donors (Lipinski definition) is 3. The van der Waals surface area contributed by atoms with Gasteiger partial charge < -0.3 is 20.5 Å². The molecule has 2 aromatic carbocycles. The van der Waals surface area contributed by atoms with E-state index in [1.165, 1.54) is 38.2 Å². The van der Waals surface area contributed by atoms with E-state index in [0.717, 1.165) is 23.5 Å². The van der Waals surface area contributed by atoms with Crippen molar-refractivity contribution in [2.75, 3.05) is 19.4 Å². The minimum atomic E-state index is -0.346. The first kappa shape index (κ1) is 28.9. The first-order valence-electron chi connectivity index (χ1n) is 13.5. The fraction of sp³-hybridized carbons (Fsp3) is 0.533. The van der Waals surface area contributed by atoms with E-state index in [4.69, 9.17) is 4.74 Å². The zero-order valence-corrected chi connectivity index (χ0v) is 23.2. The molecule has 0 spiro atoms. The number of ether oxygens (including phenoxy) is 1. The Hall–Kier alpha value is -2.67. The van der Waals surface area contributed by atoms with Crippen LogP contribution in [-0.2, 0) is 11.2 Å². The molecule has 2 amide bonds. The van der Waals surface area contributed by atoms with Gasteiger partial charge in [-0.2, -0.15) is 11.8 Å². The Morgan fingerprint density at radius 3 is 2.41 bits per heavy atom. The van der Waals surface area contributed by atoms with Gasteiger partial charge >= 0.3 is 0 Å². The molecule has 0 saturated heterocycles. The zero-order valence-electron chi connectivity index (χ0n) is 22.4. The van der Waals surface area contributed by atoms with Gasteiger partial charge in [0.05, 0.1) is 18.7 Å². The molecule has 0 radical (unpaired) electrons. The molecule has 1 saturated carbocycles. The Balaban J connectivity index is 1.79. The molecule has 6 nitrogen and oxygen atoms in total. The van der Waals surface area contributed by atoms with Gasteiger partial charge in [-0.1, -0.05) is 57.4 Å². The number of nitrogens with one attached hydrogen (secondary N) is 2. The molecule has 37 heavy (non-hydrogen) atoms. The fourth-order valence-electron chi connectivity index (χ4n) is 4.80. The van der Waals surface area contributed by atoms with E-state index in [1.807, 2.05) is 37.7 Å². The number of amides is 2.